The number of sulfonamides is 1. The van der Waals surface area contributed by atoms with Crippen LogP contribution in [-0.4, -0.2) is 64.9 Å². The van der Waals surface area contributed by atoms with Gasteiger partial charge >= 0.3 is 6.09 Å². The quantitative estimate of drug-likeness (QED) is 0.249. The van der Waals surface area contributed by atoms with Gasteiger partial charge in [-0.2, -0.15) is 0 Å². The van der Waals surface area contributed by atoms with Gasteiger partial charge in [0.15, 0.2) is 6.29 Å². The van der Waals surface area contributed by atoms with Gasteiger partial charge in [0.05, 0.1) is 35.9 Å². The van der Waals surface area contributed by atoms with E-state index >= 15 is 0 Å². The summed E-state index contributed by atoms with van der Waals surface area (Å²) < 4.78 is 51.4. The first-order chi connectivity index (χ1) is 18.4. The molecule has 0 aliphatic carbocycles. The molecule has 4 N–H and O–H groups in total. The fourth-order valence-corrected chi connectivity index (χ4v) is 5.21. The molecule has 1 amide bonds. The van der Waals surface area contributed by atoms with Gasteiger partial charge in [0.25, 0.3) is 0 Å². The molecule has 0 saturated carbocycles. The van der Waals surface area contributed by atoms with Crippen LogP contribution in [0.25, 0.3) is 0 Å². The summed E-state index contributed by atoms with van der Waals surface area (Å²) in [6, 6.07) is 14.9. The molecule has 11 heteroatoms. The summed E-state index contributed by atoms with van der Waals surface area (Å²) in [6.45, 7) is 8.49. The van der Waals surface area contributed by atoms with E-state index in [0.29, 0.717) is 24.6 Å². The Hall–Kier alpha value is -2.70. The number of rotatable bonds is 13. The Balaban J connectivity index is 1.70. The van der Waals surface area contributed by atoms with Crippen LogP contribution in [0.2, 0.25) is 0 Å². The van der Waals surface area contributed by atoms with Crippen molar-refractivity contribution >= 4 is 21.8 Å². The lowest BCUT2D eigenvalue weighted by Gasteiger charge is -2.34. The van der Waals surface area contributed by atoms with E-state index in [1.165, 1.54) is 24.3 Å². The van der Waals surface area contributed by atoms with E-state index in [4.69, 9.17) is 24.7 Å². The van der Waals surface area contributed by atoms with Gasteiger partial charge in [-0.3, -0.25) is 0 Å². The molecule has 1 aliphatic rings. The van der Waals surface area contributed by atoms with E-state index in [1.807, 2.05) is 51.1 Å². The molecular formula is C28H41N3O7S. The van der Waals surface area contributed by atoms with Gasteiger partial charge in [-0.1, -0.05) is 37.3 Å². The second-order valence-electron chi connectivity index (χ2n) is 10.6. The monoisotopic (exact) mass is 563 g/mol. The van der Waals surface area contributed by atoms with Gasteiger partial charge in [0.2, 0.25) is 10.0 Å². The van der Waals surface area contributed by atoms with Crippen molar-refractivity contribution in [2.45, 2.75) is 69.5 Å². The molecule has 0 bridgehead atoms. The molecule has 0 unspecified atom stereocenters. The van der Waals surface area contributed by atoms with Gasteiger partial charge in [-0.25, -0.2) is 17.9 Å². The average molecular weight is 564 g/mol. The highest BCUT2D eigenvalue weighted by atomic mass is 32.2. The fourth-order valence-electron chi connectivity index (χ4n) is 4.16. The number of nitrogens with two attached hydrogens (primary N) is 1. The van der Waals surface area contributed by atoms with Crippen molar-refractivity contribution in [1.29, 1.82) is 0 Å². The van der Waals surface area contributed by atoms with Gasteiger partial charge in [0.1, 0.15) is 6.61 Å². The second-order valence-corrected chi connectivity index (χ2v) is 12.4. The summed E-state index contributed by atoms with van der Waals surface area (Å²) in [4.78, 5) is 12.9. The van der Waals surface area contributed by atoms with Crippen LogP contribution in [0.5, 0.6) is 0 Å². The van der Waals surface area contributed by atoms with E-state index in [1.54, 1.807) is 0 Å². The summed E-state index contributed by atoms with van der Waals surface area (Å²) >= 11 is 0. The largest absolute Gasteiger partial charge is 0.447 e. The molecule has 1 aliphatic heterocycles. The van der Waals surface area contributed by atoms with Crippen molar-refractivity contribution in [3.05, 3.63) is 60.2 Å². The summed E-state index contributed by atoms with van der Waals surface area (Å²) in [6.07, 6.45) is -0.329. The van der Waals surface area contributed by atoms with Crippen molar-refractivity contribution in [1.82, 2.24) is 10.0 Å². The number of nitrogens with one attached hydrogen (secondary N) is 2. The molecule has 2 aromatic carbocycles. The standard InChI is InChI=1S/C28H41N3O7S/c1-20-14-15-35-26(20)36-16-17-37-27(32)31-24(18-21-8-6-5-7-9-21)25(38-28(2,3)4)19-30-39(33,34)23-12-10-22(29)11-13-23/h5-13,20,24-26,30H,14-19,29H2,1-4H3,(H,31,32)/t20-,24+,25-,26-/m1/s1. The Morgan fingerprint density at radius 2 is 1.79 bits per heavy atom. The van der Waals surface area contributed by atoms with E-state index < -0.39 is 33.9 Å². The fraction of sp³-hybridized carbons (Fsp3) is 0.536. The van der Waals surface area contributed by atoms with Crippen molar-refractivity contribution < 1.29 is 32.2 Å². The number of carbonyl (C=O) groups excluding carboxylic acids is 1. The Bertz CT molecular complexity index is 1140. The topological polar surface area (TPSA) is 138 Å². The molecule has 4 atom stereocenters. The molecule has 0 spiro atoms. The molecule has 0 radical (unpaired) electrons. The molecule has 2 aromatic rings. The lowest BCUT2D eigenvalue weighted by Crippen LogP contribution is -2.53. The number of carbonyl (C=O) groups is 1. The number of anilines is 1. The van der Waals surface area contributed by atoms with Gasteiger partial charge in [-0.15, -0.1) is 0 Å². The van der Waals surface area contributed by atoms with E-state index in [2.05, 4.69) is 17.0 Å². The number of hydrogen-bond acceptors (Lipinski definition) is 8. The van der Waals surface area contributed by atoms with Crippen molar-refractivity contribution in [2.24, 2.45) is 5.92 Å². The van der Waals surface area contributed by atoms with Crippen molar-refractivity contribution in [3.8, 4) is 0 Å². The Morgan fingerprint density at radius 1 is 1.10 bits per heavy atom. The van der Waals surface area contributed by atoms with E-state index in [9.17, 15) is 13.2 Å². The van der Waals surface area contributed by atoms with Crippen LogP contribution in [0.4, 0.5) is 10.5 Å². The van der Waals surface area contributed by atoms with Gasteiger partial charge in [-0.05, 0) is 63.4 Å². The van der Waals surface area contributed by atoms with Gasteiger partial charge in [0, 0.05) is 18.2 Å². The molecule has 1 fully saturated rings. The lowest BCUT2D eigenvalue weighted by atomic mass is 10.0. The normalized spacial score (nSPS) is 19.4. The third-order valence-corrected chi connectivity index (χ3v) is 7.58. The highest BCUT2D eigenvalue weighted by Crippen LogP contribution is 2.21. The van der Waals surface area contributed by atoms with Crippen molar-refractivity contribution in [2.75, 3.05) is 32.1 Å². The number of benzene rings is 2. The average Bonchev–Trinajstić information content (AvgIpc) is 3.29. The third kappa shape index (κ3) is 10.4. The molecule has 216 valence electrons. The van der Waals surface area contributed by atoms with Crippen LogP contribution in [0.3, 0.4) is 0 Å². The van der Waals surface area contributed by atoms with Crippen LogP contribution < -0.4 is 15.8 Å². The maximum atomic E-state index is 13.0. The summed E-state index contributed by atoms with van der Waals surface area (Å²) in [5, 5.41) is 2.88. The Labute approximate surface area is 231 Å². The van der Waals surface area contributed by atoms with Crippen LogP contribution in [0, 0.1) is 5.92 Å². The Kier molecular flexibility index (Phi) is 11.1. The molecule has 1 saturated heterocycles. The predicted molar refractivity (Wildman–Crippen MR) is 149 cm³/mol. The van der Waals surface area contributed by atoms with E-state index in [-0.39, 0.29) is 30.9 Å². The van der Waals surface area contributed by atoms with Gasteiger partial charge < -0.3 is 30.0 Å². The van der Waals surface area contributed by atoms with Crippen molar-refractivity contribution in [3.63, 3.8) is 0 Å². The molecule has 0 aromatic heterocycles. The molecule has 10 nitrogen and oxygen atoms in total. The van der Waals surface area contributed by atoms with Crippen LogP contribution in [0.1, 0.15) is 39.7 Å². The zero-order valence-electron chi connectivity index (χ0n) is 23.1. The second kappa shape index (κ2) is 14.1. The first kappa shape index (κ1) is 30.8. The molecule has 1 heterocycles. The highest BCUT2D eigenvalue weighted by Gasteiger charge is 2.31. The van der Waals surface area contributed by atoms with Crippen LogP contribution in [-0.2, 0) is 35.4 Å². The van der Waals surface area contributed by atoms with Crippen LogP contribution >= 0.6 is 0 Å². The molecule has 3 rings (SSSR count). The SMILES string of the molecule is C[C@@H]1CCO[C@@H]1OCCOC(=O)N[C@@H](Cc1ccccc1)[C@@H](CNS(=O)(=O)c1ccc(N)cc1)OC(C)(C)C. The smallest absolute Gasteiger partial charge is 0.407 e. The minimum absolute atomic E-state index is 0.0467. The Morgan fingerprint density at radius 3 is 2.41 bits per heavy atom. The first-order valence-corrected chi connectivity index (χ1v) is 14.6. The summed E-state index contributed by atoms with van der Waals surface area (Å²) in [5.74, 6) is 0.293. The maximum Gasteiger partial charge on any atom is 0.407 e. The number of nitrogen functional groups attached to an aromatic ring is 1. The number of amides is 1. The summed E-state index contributed by atoms with van der Waals surface area (Å²) in [5.41, 5.74) is 6.49. The third-order valence-electron chi connectivity index (χ3n) is 6.14. The van der Waals surface area contributed by atoms with E-state index in [0.717, 1.165) is 12.0 Å². The highest BCUT2D eigenvalue weighted by molar-refractivity contribution is 7.89. The minimum Gasteiger partial charge on any atom is -0.447 e. The zero-order valence-corrected chi connectivity index (χ0v) is 23.9. The number of ether oxygens (including phenoxy) is 4. The maximum absolute atomic E-state index is 13.0. The minimum atomic E-state index is -3.85. The molecule has 39 heavy (non-hydrogen) atoms. The van der Waals surface area contributed by atoms with Crippen LogP contribution in [0.15, 0.2) is 59.5 Å². The predicted octanol–water partition coefficient (Wildman–Crippen LogP) is 3.47. The number of alkyl carbamates (subject to hydrolysis) is 1. The lowest BCUT2D eigenvalue weighted by molar-refractivity contribution is -0.134. The number of hydrogen-bond donors (Lipinski definition) is 3. The molecular weight excluding hydrogens is 522 g/mol. The first-order valence-electron chi connectivity index (χ1n) is 13.2. The zero-order chi connectivity index (χ0) is 28.5. The summed E-state index contributed by atoms with van der Waals surface area (Å²) in [7, 11) is -3.85.